The van der Waals surface area contributed by atoms with Gasteiger partial charge in [-0.15, -0.1) is 0 Å². The fourth-order valence-corrected chi connectivity index (χ4v) is 5.76. The molecule has 8 nitrogen and oxygen atoms in total. The van der Waals surface area contributed by atoms with Crippen molar-refractivity contribution < 1.29 is 36.7 Å². The van der Waals surface area contributed by atoms with Crippen molar-refractivity contribution in [1.29, 1.82) is 0 Å². The Morgan fingerprint density at radius 2 is 1.54 bits per heavy atom. The van der Waals surface area contributed by atoms with Crippen molar-refractivity contribution in [2.24, 2.45) is 0 Å². The van der Waals surface area contributed by atoms with E-state index in [2.05, 4.69) is 6.92 Å². The Morgan fingerprint density at radius 1 is 0.946 bits per heavy atom. The van der Waals surface area contributed by atoms with Gasteiger partial charge in [-0.2, -0.15) is 8.42 Å². The Labute approximate surface area is 223 Å². The molecule has 2 saturated heterocycles. The van der Waals surface area contributed by atoms with Gasteiger partial charge in [0.15, 0.2) is 12.1 Å². The molecule has 0 radical (unpaired) electrons. The molecule has 9 heteroatoms. The van der Waals surface area contributed by atoms with Crippen molar-refractivity contribution in [2.75, 3.05) is 13.2 Å². The third-order valence-corrected chi connectivity index (χ3v) is 8.21. The zero-order valence-corrected chi connectivity index (χ0v) is 23.7. The maximum absolute atomic E-state index is 12.6. The maximum atomic E-state index is 12.6. The van der Waals surface area contributed by atoms with Crippen LogP contribution in [0.1, 0.15) is 90.5 Å². The molecule has 2 aliphatic rings. The molecule has 1 aromatic carbocycles. The Hall–Kier alpha value is -1.07. The molecule has 0 spiro atoms. The first-order valence-electron chi connectivity index (χ1n) is 13.9. The first-order chi connectivity index (χ1) is 17.6. The summed E-state index contributed by atoms with van der Waals surface area (Å²) < 4.78 is 54.2. The van der Waals surface area contributed by atoms with Crippen molar-refractivity contribution >= 4 is 10.1 Å². The second-order valence-electron chi connectivity index (χ2n) is 10.7. The largest absolute Gasteiger partial charge is 0.388 e. The number of benzene rings is 1. The topological polar surface area (TPSA) is 101 Å². The molecular formula is C28H46O8S. The maximum Gasteiger partial charge on any atom is 0.297 e. The molecule has 2 aliphatic heterocycles. The van der Waals surface area contributed by atoms with E-state index >= 15 is 0 Å². The molecule has 0 saturated carbocycles. The van der Waals surface area contributed by atoms with Gasteiger partial charge < -0.3 is 24.1 Å². The monoisotopic (exact) mass is 542 g/mol. The van der Waals surface area contributed by atoms with Crippen molar-refractivity contribution in [3.8, 4) is 0 Å². The van der Waals surface area contributed by atoms with Crippen LogP contribution in [0.2, 0.25) is 0 Å². The Morgan fingerprint density at radius 3 is 2.16 bits per heavy atom. The molecular weight excluding hydrogens is 496 g/mol. The molecule has 0 amide bonds. The summed E-state index contributed by atoms with van der Waals surface area (Å²) in [6.45, 7) is 7.76. The summed E-state index contributed by atoms with van der Waals surface area (Å²) in [5.74, 6) is -0.824. The number of hydrogen-bond acceptors (Lipinski definition) is 8. The van der Waals surface area contributed by atoms with Crippen LogP contribution in [0.4, 0.5) is 0 Å². The highest BCUT2D eigenvalue weighted by atomic mass is 32.2. The summed E-state index contributed by atoms with van der Waals surface area (Å²) in [5.41, 5.74) is 0.940. The summed E-state index contributed by atoms with van der Waals surface area (Å²) >= 11 is 0. The molecule has 2 heterocycles. The van der Waals surface area contributed by atoms with E-state index < -0.39 is 53.2 Å². The van der Waals surface area contributed by atoms with E-state index in [1.807, 2.05) is 6.92 Å². The van der Waals surface area contributed by atoms with Crippen molar-refractivity contribution in [3.63, 3.8) is 0 Å². The molecule has 0 bridgehead atoms. The highest BCUT2D eigenvalue weighted by Gasteiger charge is 2.57. The minimum absolute atomic E-state index is 0.0386. The van der Waals surface area contributed by atoms with Gasteiger partial charge in [-0.1, -0.05) is 82.4 Å². The Bertz CT molecular complexity index is 901. The number of fused-ring (bicyclic) bond motifs is 1. The average Bonchev–Trinajstić information content (AvgIpc) is 3.33. The highest BCUT2D eigenvalue weighted by Crippen LogP contribution is 2.40. The van der Waals surface area contributed by atoms with Gasteiger partial charge in [-0.05, 0) is 39.3 Å². The first-order valence-corrected chi connectivity index (χ1v) is 15.3. The predicted octanol–water partition coefficient (Wildman–Crippen LogP) is 5.24. The number of aliphatic hydroxyl groups excluding tert-OH is 1. The second kappa shape index (κ2) is 14.4. The molecule has 0 unspecified atom stereocenters. The van der Waals surface area contributed by atoms with E-state index in [0.717, 1.165) is 18.4 Å². The molecule has 37 heavy (non-hydrogen) atoms. The number of ether oxygens (including phenoxy) is 4. The molecule has 0 aliphatic carbocycles. The molecule has 212 valence electrons. The summed E-state index contributed by atoms with van der Waals surface area (Å²) in [6, 6.07) is 6.36. The van der Waals surface area contributed by atoms with Gasteiger partial charge in [0.2, 0.25) is 0 Å². The summed E-state index contributed by atoms with van der Waals surface area (Å²) in [5, 5.41) is 10.8. The molecule has 5 atom stereocenters. The zero-order valence-electron chi connectivity index (χ0n) is 22.9. The summed E-state index contributed by atoms with van der Waals surface area (Å²) in [7, 11) is -4.01. The van der Waals surface area contributed by atoms with E-state index in [-0.39, 0.29) is 4.90 Å². The van der Waals surface area contributed by atoms with Crippen LogP contribution in [0, 0.1) is 6.92 Å². The van der Waals surface area contributed by atoms with Crippen molar-refractivity contribution in [1.82, 2.24) is 0 Å². The van der Waals surface area contributed by atoms with E-state index in [9.17, 15) is 13.5 Å². The summed E-state index contributed by atoms with van der Waals surface area (Å²) in [6.07, 6.45) is 8.40. The lowest BCUT2D eigenvalue weighted by Crippen LogP contribution is -2.44. The Balaban J connectivity index is 1.46. The van der Waals surface area contributed by atoms with Crippen LogP contribution in [0.15, 0.2) is 29.2 Å². The fourth-order valence-electron chi connectivity index (χ4n) is 4.84. The average molecular weight is 543 g/mol. The first kappa shape index (κ1) is 30.5. The third kappa shape index (κ3) is 9.27. The highest BCUT2D eigenvalue weighted by molar-refractivity contribution is 7.86. The van der Waals surface area contributed by atoms with Gasteiger partial charge in [0.05, 0.1) is 11.5 Å². The van der Waals surface area contributed by atoms with Gasteiger partial charge >= 0.3 is 0 Å². The lowest BCUT2D eigenvalue weighted by molar-refractivity contribution is -0.230. The number of aryl methyl sites for hydroxylation is 1. The van der Waals surface area contributed by atoms with Crippen LogP contribution in [0.5, 0.6) is 0 Å². The fraction of sp³-hybridized carbons (Fsp3) is 0.786. The van der Waals surface area contributed by atoms with Gasteiger partial charge in [0.1, 0.15) is 24.4 Å². The quantitative estimate of drug-likeness (QED) is 0.211. The molecule has 2 fully saturated rings. The normalized spacial score (nSPS) is 25.9. The minimum atomic E-state index is -4.01. The number of aliphatic hydroxyl groups is 1. The van der Waals surface area contributed by atoms with E-state index in [4.69, 9.17) is 23.1 Å². The molecule has 3 rings (SSSR count). The zero-order chi connectivity index (χ0) is 26.9. The van der Waals surface area contributed by atoms with Gasteiger partial charge in [-0.3, -0.25) is 4.18 Å². The molecule has 1 N–H and O–H groups in total. The van der Waals surface area contributed by atoms with Crippen molar-refractivity contribution in [2.45, 2.75) is 133 Å². The van der Waals surface area contributed by atoms with E-state index in [1.54, 1.807) is 26.0 Å². The Kier molecular flexibility index (Phi) is 11.8. The van der Waals surface area contributed by atoms with Crippen LogP contribution >= 0.6 is 0 Å². The lowest BCUT2D eigenvalue weighted by Gasteiger charge is -2.28. The van der Waals surface area contributed by atoms with Crippen LogP contribution in [0.3, 0.4) is 0 Å². The van der Waals surface area contributed by atoms with Crippen LogP contribution in [-0.2, 0) is 33.2 Å². The van der Waals surface area contributed by atoms with Crippen molar-refractivity contribution in [3.05, 3.63) is 29.8 Å². The molecule has 0 aromatic heterocycles. The number of hydrogen-bond donors (Lipinski definition) is 1. The number of unbranched alkanes of at least 4 members (excludes halogenated alkanes) is 9. The second-order valence-corrected chi connectivity index (χ2v) is 12.3. The SMILES string of the molecule is CCCCCCCCCCCCO[C@@H]1[C@H]2OC(C)(C)O[C@H]2O[C@@H]1[C@H](O)COS(=O)(=O)c1ccc(C)cc1. The number of rotatable bonds is 17. The predicted molar refractivity (Wildman–Crippen MR) is 141 cm³/mol. The van der Waals surface area contributed by atoms with Gasteiger partial charge in [0.25, 0.3) is 10.1 Å². The third-order valence-electron chi connectivity index (χ3n) is 6.92. The standard InChI is InChI=1S/C28H46O8S/c1-5-6-7-8-9-10-11-12-13-14-19-32-25-24(34-27-26(25)35-28(3,4)36-27)23(29)20-33-37(30,31)22-17-15-21(2)16-18-22/h15-18,23-27,29H,5-14,19-20H2,1-4H3/t23-,24-,25+,26-,27-/m1/s1. The van der Waals surface area contributed by atoms with E-state index in [0.29, 0.717) is 6.61 Å². The van der Waals surface area contributed by atoms with Crippen LogP contribution in [0.25, 0.3) is 0 Å². The van der Waals surface area contributed by atoms with Crippen LogP contribution in [-0.4, -0.2) is 63.2 Å². The minimum Gasteiger partial charge on any atom is -0.388 e. The smallest absolute Gasteiger partial charge is 0.297 e. The van der Waals surface area contributed by atoms with Crippen LogP contribution < -0.4 is 0 Å². The molecule has 1 aromatic rings. The lowest BCUT2D eigenvalue weighted by atomic mass is 10.1. The van der Waals surface area contributed by atoms with E-state index in [1.165, 1.54) is 63.5 Å². The van der Waals surface area contributed by atoms with Gasteiger partial charge in [0, 0.05) is 6.61 Å². The summed E-state index contributed by atoms with van der Waals surface area (Å²) in [4.78, 5) is 0.0386. The van der Waals surface area contributed by atoms with Gasteiger partial charge in [-0.25, -0.2) is 0 Å².